The van der Waals surface area contributed by atoms with E-state index in [1.165, 1.54) is 0 Å². The van der Waals surface area contributed by atoms with Gasteiger partial charge in [0, 0.05) is 17.3 Å². The van der Waals surface area contributed by atoms with Crippen LogP contribution in [0, 0.1) is 5.41 Å². The van der Waals surface area contributed by atoms with E-state index >= 15 is 0 Å². The topological polar surface area (TPSA) is 55.1 Å². The Bertz CT molecular complexity index is 174. The first-order valence-corrected chi connectivity index (χ1v) is 4.20. The maximum Gasteiger partial charge on any atom is 0.225 e. The van der Waals surface area contributed by atoms with Crippen molar-refractivity contribution >= 4 is 23.5 Å². The lowest BCUT2D eigenvalue weighted by molar-refractivity contribution is -0.128. The first-order valence-electron chi connectivity index (χ1n) is 3.79. The van der Waals surface area contributed by atoms with Gasteiger partial charge in [0.05, 0.1) is 6.04 Å². The number of amides is 1. The monoisotopic (exact) mass is 187 g/mol. The molecule has 1 radical (unpaired) electrons. The summed E-state index contributed by atoms with van der Waals surface area (Å²) in [7, 11) is 0. The Morgan fingerprint density at radius 2 is 2.17 bits per heavy atom. The van der Waals surface area contributed by atoms with E-state index in [-0.39, 0.29) is 17.4 Å². The third kappa shape index (κ3) is 4.41. The van der Waals surface area contributed by atoms with Crippen LogP contribution in [-0.2, 0) is 4.79 Å². The van der Waals surface area contributed by atoms with Gasteiger partial charge in [-0.2, -0.15) is 0 Å². The Kier molecular flexibility index (Phi) is 4.34. The minimum Gasteiger partial charge on any atom is -0.354 e. The molecule has 4 heteroatoms. The van der Waals surface area contributed by atoms with Crippen LogP contribution in [-0.4, -0.2) is 23.9 Å². The third-order valence-electron chi connectivity index (χ3n) is 1.32. The number of nitrogens with one attached hydrogen (secondary N) is 1. The van der Waals surface area contributed by atoms with E-state index in [0.717, 1.165) is 0 Å². The Morgan fingerprint density at radius 3 is 2.50 bits per heavy atom. The average molecular weight is 187 g/mol. The number of rotatable bonds is 3. The largest absolute Gasteiger partial charge is 0.354 e. The molecule has 1 amide bonds. The fourth-order valence-corrected chi connectivity index (χ4v) is 0.593. The van der Waals surface area contributed by atoms with E-state index in [1.54, 1.807) is 0 Å². The molecule has 0 aliphatic carbocycles. The lowest BCUT2D eigenvalue weighted by Crippen LogP contribution is -2.42. The molecule has 1 atom stereocenters. The maximum atomic E-state index is 11.3. The Labute approximate surface area is 78.7 Å². The van der Waals surface area contributed by atoms with Crippen LogP contribution in [0.25, 0.3) is 0 Å². The smallest absolute Gasteiger partial charge is 0.225 e. The summed E-state index contributed by atoms with van der Waals surface area (Å²) < 4.78 is 0. The molecule has 0 spiro atoms. The van der Waals surface area contributed by atoms with Crippen molar-refractivity contribution in [2.45, 2.75) is 26.8 Å². The van der Waals surface area contributed by atoms with Crippen molar-refractivity contribution in [3.05, 3.63) is 0 Å². The predicted octanol–water partition coefficient (Wildman–Crippen LogP) is 0.353. The van der Waals surface area contributed by atoms with Crippen molar-refractivity contribution < 1.29 is 4.79 Å². The van der Waals surface area contributed by atoms with Gasteiger partial charge in [0.25, 0.3) is 0 Å². The van der Waals surface area contributed by atoms with Crippen LogP contribution < -0.4 is 11.1 Å². The van der Waals surface area contributed by atoms with Crippen LogP contribution in [0.5, 0.6) is 0 Å². The molecule has 0 aromatic heterocycles. The van der Waals surface area contributed by atoms with E-state index in [2.05, 4.69) is 22.9 Å². The molecule has 0 rings (SSSR count). The molecule has 0 bridgehead atoms. The molecule has 1 unspecified atom stereocenters. The summed E-state index contributed by atoms with van der Waals surface area (Å²) in [5.41, 5.74) is 5.06. The molecule has 3 N–H and O–H groups in total. The maximum absolute atomic E-state index is 11.3. The molecule has 0 aromatic rings. The van der Waals surface area contributed by atoms with Crippen molar-refractivity contribution in [3.8, 4) is 0 Å². The van der Waals surface area contributed by atoms with E-state index in [4.69, 9.17) is 5.73 Å². The fraction of sp³-hybridized carbons (Fsp3) is 0.750. The Hall–Kier alpha value is -0.480. The molecule has 0 aliphatic heterocycles. The van der Waals surface area contributed by atoms with Gasteiger partial charge in [-0.25, -0.2) is 0 Å². The van der Waals surface area contributed by atoms with Crippen LogP contribution in [0.15, 0.2) is 0 Å². The van der Waals surface area contributed by atoms with Crippen molar-refractivity contribution in [1.82, 2.24) is 5.32 Å². The highest BCUT2D eigenvalue weighted by atomic mass is 32.1. The predicted molar refractivity (Wildman–Crippen MR) is 53.0 cm³/mol. The minimum atomic E-state index is -0.374. The third-order valence-corrected chi connectivity index (χ3v) is 1.62. The highest BCUT2D eigenvalue weighted by molar-refractivity contribution is 7.79. The summed E-state index contributed by atoms with van der Waals surface area (Å²) in [6.07, 6.45) is 0. The van der Waals surface area contributed by atoms with Gasteiger partial charge in [0.15, 0.2) is 0 Å². The Balaban J connectivity index is 3.80. The second-order valence-corrected chi connectivity index (χ2v) is 3.92. The van der Waals surface area contributed by atoms with Gasteiger partial charge in [0.2, 0.25) is 5.91 Å². The number of hydrogen-bond acceptors (Lipinski definition) is 3. The number of hydrogen-bond donors (Lipinski definition) is 2. The van der Waals surface area contributed by atoms with E-state index < -0.39 is 0 Å². The zero-order valence-electron chi connectivity index (χ0n) is 7.68. The second kappa shape index (κ2) is 4.52. The van der Waals surface area contributed by atoms with Gasteiger partial charge in [-0.1, -0.05) is 33.0 Å². The standard InChI is InChI=1S/C8H15N2OS/c1-8(2,3)7(11)10-4-6(9)5-12/h6H,4,9H2,1-3H3,(H,10,11). The summed E-state index contributed by atoms with van der Waals surface area (Å²) in [6.45, 7) is 5.89. The van der Waals surface area contributed by atoms with Crippen LogP contribution >= 0.6 is 12.2 Å². The minimum absolute atomic E-state index is 0.0248. The van der Waals surface area contributed by atoms with Crippen LogP contribution in [0.1, 0.15) is 20.8 Å². The molecule has 0 saturated carbocycles. The fourth-order valence-electron chi connectivity index (χ4n) is 0.509. The molecule has 0 heterocycles. The second-order valence-electron chi connectivity index (χ2n) is 3.68. The van der Waals surface area contributed by atoms with Gasteiger partial charge in [-0.3, -0.25) is 4.79 Å². The zero-order chi connectivity index (χ0) is 9.78. The van der Waals surface area contributed by atoms with Gasteiger partial charge in [-0.15, -0.1) is 0 Å². The Morgan fingerprint density at radius 1 is 1.67 bits per heavy atom. The summed E-state index contributed by atoms with van der Waals surface area (Å²) in [5.74, 6) is -0.0248. The summed E-state index contributed by atoms with van der Waals surface area (Å²) in [4.78, 5) is 11.3. The average Bonchev–Trinajstić information content (AvgIpc) is 1.97. The molecule has 0 aromatic carbocycles. The first kappa shape index (κ1) is 11.5. The highest BCUT2D eigenvalue weighted by Gasteiger charge is 2.20. The van der Waals surface area contributed by atoms with Crippen molar-refractivity contribution in [2.75, 3.05) is 6.54 Å². The number of thiocarbonyl (C=S) groups is 1. The van der Waals surface area contributed by atoms with Crippen molar-refractivity contribution in [2.24, 2.45) is 11.1 Å². The van der Waals surface area contributed by atoms with Gasteiger partial charge >= 0.3 is 0 Å². The molecule has 0 saturated heterocycles. The highest BCUT2D eigenvalue weighted by Crippen LogP contribution is 2.11. The number of nitrogens with two attached hydrogens (primary N) is 1. The van der Waals surface area contributed by atoms with Crippen LogP contribution in [0.3, 0.4) is 0 Å². The first-order chi connectivity index (χ1) is 5.38. The van der Waals surface area contributed by atoms with Crippen molar-refractivity contribution in [1.29, 1.82) is 0 Å². The molecule has 69 valence electrons. The molecule has 3 nitrogen and oxygen atoms in total. The normalized spacial score (nSPS) is 13.7. The lowest BCUT2D eigenvalue weighted by Gasteiger charge is -2.18. The molecular formula is C8H15N2OS. The molecule has 0 fully saturated rings. The van der Waals surface area contributed by atoms with Crippen LogP contribution in [0.2, 0.25) is 0 Å². The summed E-state index contributed by atoms with van der Waals surface area (Å²) in [6, 6.07) is -0.355. The molecular weight excluding hydrogens is 172 g/mol. The van der Waals surface area contributed by atoms with Crippen molar-refractivity contribution in [3.63, 3.8) is 0 Å². The molecule has 0 aliphatic rings. The number of carbonyl (C=O) groups excluding carboxylic acids is 1. The quantitative estimate of drug-likeness (QED) is 0.627. The van der Waals surface area contributed by atoms with E-state index in [9.17, 15) is 4.79 Å². The summed E-state index contributed by atoms with van der Waals surface area (Å²) in [5, 5.41) is 5.10. The lowest BCUT2D eigenvalue weighted by atomic mass is 9.96. The van der Waals surface area contributed by atoms with Crippen LogP contribution in [0.4, 0.5) is 0 Å². The van der Waals surface area contributed by atoms with E-state index in [1.807, 2.05) is 20.8 Å². The van der Waals surface area contributed by atoms with Gasteiger partial charge < -0.3 is 11.1 Å². The zero-order valence-corrected chi connectivity index (χ0v) is 8.49. The van der Waals surface area contributed by atoms with Gasteiger partial charge in [-0.05, 0) is 0 Å². The summed E-state index contributed by atoms with van der Waals surface area (Å²) >= 11 is 4.49. The van der Waals surface area contributed by atoms with Gasteiger partial charge in [0.1, 0.15) is 0 Å². The molecule has 12 heavy (non-hydrogen) atoms. The van der Waals surface area contributed by atoms with E-state index in [0.29, 0.717) is 6.54 Å². The SMILES string of the molecule is CC(C)(C)C(=O)NCC(N)[C]=S. The number of carbonyl (C=O) groups is 1.